The predicted molar refractivity (Wildman–Crippen MR) is 133 cm³/mol. The molecule has 0 spiro atoms. The summed E-state index contributed by atoms with van der Waals surface area (Å²) < 4.78 is 7.04. The molecular weight excluding hydrogens is 428 g/mol. The van der Waals surface area contributed by atoms with Crippen LogP contribution in [0.1, 0.15) is 38.6 Å². The largest absolute Gasteiger partial charge is 0.459 e. The van der Waals surface area contributed by atoms with Gasteiger partial charge in [0, 0.05) is 28.7 Å². The molecule has 0 aliphatic carbocycles. The minimum Gasteiger partial charge on any atom is -0.459 e. The van der Waals surface area contributed by atoms with Crippen LogP contribution < -0.4 is 10.6 Å². The van der Waals surface area contributed by atoms with Crippen LogP contribution in [-0.2, 0) is 11.3 Å². The second kappa shape index (κ2) is 10.0. The van der Waals surface area contributed by atoms with Crippen LogP contribution in [-0.4, -0.2) is 21.6 Å². The summed E-state index contributed by atoms with van der Waals surface area (Å²) in [6.07, 6.45) is 4.70. The van der Waals surface area contributed by atoms with Gasteiger partial charge in [0.25, 0.3) is 5.91 Å². The van der Waals surface area contributed by atoms with Crippen LogP contribution in [0.4, 0.5) is 11.4 Å². The van der Waals surface area contributed by atoms with Crippen molar-refractivity contribution in [3.63, 3.8) is 0 Å². The lowest BCUT2D eigenvalue weighted by molar-refractivity contribution is -0.111. The van der Waals surface area contributed by atoms with E-state index in [0.717, 1.165) is 17.0 Å². The average molecular weight is 455 g/mol. The molecule has 0 saturated heterocycles. The minimum absolute atomic E-state index is 0.214. The molecule has 0 unspecified atom stereocenters. The zero-order chi connectivity index (χ0) is 24.1. The van der Waals surface area contributed by atoms with Crippen molar-refractivity contribution in [1.82, 2.24) is 9.78 Å². The van der Waals surface area contributed by atoms with Crippen LogP contribution in [0.25, 0.3) is 6.08 Å². The Morgan fingerprint density at radius 3 is 2.41 bits per heavy atom. The fraction of sp³-hybridized carbons (Fsp3) is 0.148. The first kappa shape index (κ1) is 22.8. The van der Waals surface area contributed by atoms with E-state index in [1.165, 1.54) is 23.5 Å². The van der Waals surface area contributed by atoms with E-state index in [2.05, 4.69) is 46.9 Å². The van der Waals surface area contributed by atoms with E-state index < -0.39 is 0 Å². The zero-order valence-electron chi connectivity index (χ0n) is 19.3. The average Bonchev–Trinajstić information content (AvgIpc) is 3.43. The van der Waals surface area contributed by atoms with Gasteiger partial charge in [-0.1, -0.05) is 35.9 Å². The van der Waals surface area contributed by atoms with Gasteiger partial charge in [-0.05, 0) is 62.7 Å². The van der Waals surface area contributed by atoms with Crippen LogP contribution in [0.15, 0.2) is 77.4 Å². The smallest absolute Gasteiger partial charge is 0.291 e. The number of carbonyl (C=O) groups is 2. The third kappa shape index (κ3) is 5.50. The van der Waals surface area contributed by atoms with Gasteiger partial charge in [-0.3, -0.25) is 14.3 Å². The molecule has 0 aliphatic rings. The van der Waals surface area contributed by atoms with E-state index in [0.29, 0.717) is 17.9 Å². The maximum absolute atomic E-state index is 12.5. The molecule has 172 valence electrons. The van der Waals surface area contributed by atoms with Crippen LogP contribution in [0.3, 0.4) is 0 Å². The number of furan rings is 1. The standard InChI is InChI=1S/C27H26N4O3/c1-18-9-11-21(12-10-18)17-31-20(3)24(19(2)30-31)13-14-26(32)28-22-6-4-7-23(16-22)29-27(33)25-8-5-15-34-25/h4-16H,17H2,1-3H3,(H,28,32)(H,29,33)/b14-13+. The highest BCUT2D eigenvalue weighted by atomic mass is 16.3. The fourth-order valence-electron chi connectivity index (χ4n) is 3.59. The number of benzene rings is 2. The van der Waals surface area contributed by atoms with Crippen molar-refractivity contribution < 1.29 is 14.0 Å². The predicted octanol–water partition coefficient (Wildman–Crippen LogP) is 5.35. The Kier molecular flexibility index (Phi) is 6.73. The normalized spacial score (nSPS) is 11.0. The topological polar surface area (TPSA) is 89.2 Å². The molecule has 0 fully saturated rings. The Labute approximate surface area is 198 Å². The van der Waals surface area contributed by atoms with Crippen molar-refractivity contribution in [2.45, 2.75) is 27.3 Å². The summed E-state index contributed by atoms with van der Waals surface area (Å²) in [7, 11) is 0. The summed E-state index contributed by atoms with van der Waals surface area (Å²) in [4.78, 5) is 24.7. The van der Waals surface area contributed by atoms with E-state index in [4.69, 9.17) is 4.42 Å². The molecular formula is C27H26N4O3. The molecule has 0 atom stereocenters. The second-order valence-corrected chi connectivity index (χ2v) is 8.06. The molecule has 34 heavy (non-hydrogen) atoms. The minimum atomic E-state index is -0.359. The van der Waals surface area contributed by atoms with Crippen LogP contribution >= 0.6 is 0 Å². The summed E-state index contributed by atoms with van der Waals surface area (Å²) in [5.41, 5.74) is 6.27. The lowest BCUT2D eigenvalue weighted by atomic mass is 10.1. The number of nitrogens with one attached hydrogen (secondary N) is 2. The summed E-state index contributed by atoms with van der Waals surface area (Å²) in [6, 6.07) is 18.5. The molecule has 4 aromatic rings. The van der Waals surface area contributed by atoms with Gasteiger partial charge >= 0.3 is 0 Å². The molecule has 2 N–H and O–H groups in total. The molecule has 2 amide bonds. The molecule has 0 radical (unpaired) electrons. The van der Waals surface area contributed by atoms with Crippen LogP contribution in [0.5, 0.6) is 0 Å². The number of amides is 2. The van der Waals surface area contributed by atoms with E-state index >= 15 is 0 Å². The highest BCUT2D eigenvalue weighted by molar-refractivity contribution is 6.04. The van der Waals surface area contributed by atoms with Crippen LogP contribution in [0, 0.1) is 20.8 Å². The van der Waals surface area contributed by atoms with Gasteiger partial charge < -0.3 is 15.1 Å². The number of hydrogen-bond acceptors (Lipinski definition) is 4. The van der Waals surface area contributed by atoms with Gasteiger partial charge in [-0.15, -0.1) is 0 Å². The Bertz CT molecular complexity index is 1330. The molecule has 0 bridgehead atoms. The molecule has 7 heteroatoms. The number of rotatable bonds is 7. The summed E-state index contributed by atoms with van der Waals surface area (Å²) in [5, 5.41) is 10.2. The molecule has 0 aliphatic heterocycles. The van der Waals surface area contributed by atoms with Gasteiger partial charge in [0.2, 0.25) is 5.91 Å². The van der Waals surface area contributed by atoms with E-state index in [-0.39, 0.29) is 17.6 Å². The van der Waals surface area contributed by atoms with E-state index in [1.807, 2.05) is 18.5 Å². The third-order valence-electron chi connectivity index (χ3n) is 5.42. The number of carbonyl (C=O) groups excluding carboxylic acids is 2. The van der Waals surface area contributed by atoms with Crippen molar-refractivity contribution in [2.24, 2.45) is 0 Å². The van der Waals surface area contributed by atoms with E-state index in [1.54, 1.807) is 42.5 Å². The molecule has 2 aromatic carbocycles. The fourth-order valence-corrected chi connectivity index (χ4v) is 3.59. The molecule has 4 rings (SSSR count). The van der Waals surface area contributed by atoms with Crippen molar-refractivity contribution in [3.05, 3.63) is 107 Å². The number of aromatic nitrogens is 2. The molecule has 0 saturated carbocycles. The first-order valence-corrected chi connectivity index (χ1v) is 10.9. The number of anilines is 2. The van der Waals surface area contributed by atoms with Crippen molar-refractivity contribution in [2.75, 3.05) is 10.6 Å². The zero-order valence-corrected chi connectivity index (χ0v) is 19.3. The number of aryl methyl sites for hydroxylation is 2. The van der Waals surface area contributed by atoms with E-state index in [9.17, 15) is 9.59 Å². The Hall–Kier alpha value is -4.39. The highest BCUT2D eigenvalue weighted by Gasteiger charge is 2.11. The first-order chi connectivity index (χ1) is 16.4. The number of hydrogen-bond donors (Lipinski definition) is 2. The van der Waals surface area contributed by atoms with Crippen molar-refractivity contribution >= 4 is 29.3 Å². The monoisotopic (exact) mass is 454 g/mol. The number of nitrogens with zero attached hydrogens (tertiary/aromatic N) is 2. The molecule has 7 nitrogen and oxygen atoms in total. The maximum atomic E-state index is 12.5. The summed E-state index contributed by atoms with van der Waals surface area (Å²) in [5.74, 6) is -0.424. The van der Waals surface area contributed by atoms with Crippen molar-refractivity contribution in [3.8, 4) is 0 Å². The summed E-state index contributed by atoms with van der Waals surface area (Å²) >= 11 is 0. The Balaban J connectivity index is 1.41. The van der Waals surface area contributed by atoms with Crippen molar-refractivity contribution in [1.29, 1.82) is 0 Å². The second-order valence-electron chi connectivity index (χ2n) is 8.06. The Morgan fingerprint density at radius 2 is 1.71 bits per heavy atom. The Morgan fingerprint density at radius 1 is 0.971 bits per heavy atom. The van der Waals surface area contributed by atoms with Gasteiger partial charge in [0.05, 0.1) is 18.5 Å². The molecule has 2 heterocycles. The lowest BCUT2D eigenvalue weighted by Crippen LogP contribution is -2.12. The van der Waals surface area contributed by atoms with Gasteiger partial charge in [0.1, 0.15) is 0 Å². The quantitative estimate of drug-likeness (QED) is 0.368. The molecule has 2 aromatic heterocycles. The van der Waals surface area contributed by atoms with Crippen LogP contribution in [0.2, 0.25) is 0 Å². The van der Waals surface area contributed by atoms with Gasteiger partial charge in [0.15, 0.2) is 5.76 Å². The highest BCUT2D eigenvalue weighted by Crippen LogP contribution is 2.19. The lowest BCUT2D eigenvalue weighted by Gasteiger charge is -2.07. The maximum Gasteiger partial charge on any atom is 0.291 e. The van der Waals surface area contributed by atoms with Gasteiger partial charge in [-0.25, -0.2) is 0 Å². The summed E-state index contributed by atoms with van der Waals surface area (Å²) in [6.45, 7) is 6.66. The SMILES string of the molecule is Cc1ccc(Cn2nc(C)c(/C=C/C(=O)Nc3cccc(NC(=O)c4ccco4)c3)c2C)cc1. The third-order valence-corrected chi connectivity index (χ3v) is 5.42. The first-order valence-electron chi connectivity index (χ1n) is 10.9. The van der Waals surface area contributed by atoms with Gasteiger partial charge in [-0.2, -0.15) is 5.10 Å².